The van der Waals surface area contributed by atoms with Crippen LogP contribution in [-0.4, -0.2) is 17.4 Å². The molecular weight excluding hydrogens is 160 g/mol. The molecule has 4 heteroatoms. The number of hydrogen-bond acceptors (Lipinski definition) is 3. The number of amides is 1. The van der Waals surface area contributed by atoms with E-state index in [-0.39, 0.29) is 11.8 Å². The van der Waals surface area contributed by atoms with E-state index in [9.17, 15) is 4.79 Å². The van der Waals surface area contributed by atoms with Crippen molar-refractivity contribution in [3.05, 3.63) is 11.6 Å². The second kappa shape index (κ2) is 2.30. The molecule has 0 N–H and O–H groups in total. The molecule has 2 rings (SSSR count). The van der Waals surface area contributed by atoms with E-state index < -0.39 is 0 Å². The lowest BCUT2D eigenvalue weighted by Crippen LogP contribution is -2.51. The van der Waals surface area contributed by atoms with Gasteiger partial charge in [0.2, 0.25) is 5.91 Å². The van der Waals surface area contributed by atoms with Crippen molar-refractivity contribution in [2.45, 2.75) is 6.92 Å². The minimum atomic E-state index is 0.193. The molecule has 1 atom stereocenters. The van der Waals surface area contributed by atoms with Crippen LogP contribution in [0.25, 0.3) is 0 Å². The molecule has 1 aromatic rings. The van der Waals surface area contributed by atoms with Crippen LogP contribution in [0.4, 0.5) is 5.13 Å². The van der Waals surface area contributed by atoms with Crippen molar-refractivity contribution in [1.29, 1.82) is 0 Å². The summed E-state index contributed by atoms with van der Waals surface area (Å²) in [6.45, 7) is 2.76. The van der Waals surface area contributed by atoms with Gasteiger partial charge in [-0.1, -0.05) is 6.92 Å². The lowest BCUT2D eigenvalue weighted by atomic mass is 10.0. The van der Waals surface area contributed by atoms with Crippen LogP contribution >= 0.6 is 11.3 Å². The van der Waals surface area contributed by atoms with Gasteiger partial charge < -0.3 is 0 Å². The first kappa shape index (κ1) is 6.79. The first-order valence-corrected chi connectivity index (χ1v) is 4.38. The Bertz CT molecular complexity index is 270. The van der Waals surface area contributed by atoms with Crippen LogP contribution in [0.2, 0.25) is 0 Å². The summed E-state index contributed by atoms with van der Waals surface area (Å²) in [5, 5.41) is 2.71. The van der Waals surface area contributed by atoms with E-state index in [1.165, 1.54) is 11.3 Å². The lowest BCUT2D eigenvalue weighted by molar-refractivity contribution is -0.126. The van der Waals surface area contributed by atoms with Crippen LogP contribution in [0.15, 0.2) is 11.6 Å². The second-order valence-corrected chi connectivity index (χ2v) is 3.54. The molecular formula is C7H8N2OS. The molecule has 1 saturated heterocycles. The van der Waals surface area contributed by atoms with E-state index in [2.05, 4.69) is 4.98 Å². The van der Waals surface area contributed by atoms with E-state index >= 15 is 0 Å². The molecule has 0 aliphatic carbocycles. The molecule has 0 saturated carbocycles. The maximum absolute atomic E-state index is 11.2. The summed E-state index contributed by atoms with van der Waals surface area (Å²) in [6.07, 6.45) is 1.72. The summed E-state index contributed by atoms with van der Waals surface area (Å²) < 4.78 is 0. The molecule has 0 radical (unpaired) electrons. The predicted octanol–water partition coefficient (Wildman–Crippen LogP) is 1.13. The molecule has 2 heterocycles. The number of nitrogens with zero attached hydrogens (tertiary/aromatic N) is 2. The fourth-order valence-corrected chi connectivity index (χ4v) is 1.77. The van der Waals surface area contributed by atoms with Crippen LogP contribution in [-0.2, 0) is 4.79 Å². The van der Waals surface area contributed by atoms with Gasteiger partial charge in [0.25, 0.3) is 0 Å². The van der Waals surface area contributed by atoms with Crippen LogP contribution in [0.1, 0.15) is 6.92 Å². The average molecular weight is 168 g/mol. The Morgan fingerprint density at radius 1 is 1.82 bits per heavy atom. The van der Waals surface area contributed by atoms with Gasteiger partial charge in [0, 0.05) is 18.1 Å². The zero-order chi connectivity index (χ0) is 7.84. The van der Waals surface area contributed by atoms with Gasteiger partial charge in [0.15, 0.2) is 5.13 Å². The van der Waals surface area contributed by atoms with E-state index in [0.717, 1.165) is 11.7 Å². The summed E-state index contributed by atoms with van der Waals surface area (Å²) in [5.41, 5.74) is 0. The van der Waals surface area contributed by atoms with E-state index in [4.69, 9.17) is 0 Å². The second-order valence-electron chi connectivity index (χ2n) is 2.66. The smallest absolute Gasteiger partial charge is 0.233 e. The first-order valence-electron chi connectivity index (χ1n) is 3.50. The van der Waals surface area contributed by atoms with Gasteiger partial charge in [-0.2, -0.15) is 0 Å². The highest BCUT2D eigenvalue weighted by Gasteiger charge is 2.34. The SMILES string of the molecule is CC1CN(c2nccs2)C1=O. The molecule has 1 amide bonds. The van der Waals surface area contributed by atoms with E-state index in [0.29, 0.717) is 0 Å². The molecule has 1 aromatic heterocycles. The van der Waals surface area contributed by atoms with Gasteiger partial charge in [-0.25, -0.2) is 4.98 Å². The van der Waals surface area contributed by atoms with E-state index in [1.807, 2.05) is 12.3 Å². The number of carbonyl (C=O) groups is 1. The molecule has 1 aliphatic rings. The van der Waals surface area contributed by atoms with Gasteiger partial charge in [0.05, 0.1) is 5.92 Å². The zero-order valence-corrected chi connectivity index (χ0v) is 6.97. The van der Waals surface area contributed by atoms with Gasteiger partial charge in [-0.15, -0.1) is 11.3 Å². The van der Waals surface area contributed by atoms with Crippen molar-refractivity contribution >= 4 is 22.4 Å². The van der Waals surface area contributed by atoms with Gasteiger partial charge in [-0.05, 0) is 0 Å². The number of carbonyl (C=O) groups excluding carboxylic acids is 1. The fourth-order valence-electron chi connectivity index (χ4n) is 1.12. The predicted molar refractivity (Wildman–Crippen MR) is 43.6 cm³/mol. The minimum absolute atomic E-state index is 0.193. The highest BCUT2D eigenvalue weighted by Crippen LogP contribution is 2.26. The Balaban J connectivity index is 2.16. The van der Waals surface area contributed by atoms with Crippen LogP contribution < -0.4 is 4.90 Å². The van der Waals surface area contributed by atoms with Gasteiger partial charge in [0.1, 0.15) is 0 Å². The van der Waals surface area contributed by atoms with Crippen molar-refractivity contribution in [3.8, 4) is 0 Å². The first-order chi connectivity index (χ1) is 5.29. The monoisotopic (exact) mass is 168 g/mol. The molecule has 11 heavy (non-hydrogen) atoms. The normalized spacial score (nSPS) is 23.5. The number of rotatable bonds is 1. The van der Waals surface area contributed by atoms with Gasteiger partial charge in [-0.3, -0.25) is 9.69 Å². The average Bonchev–Trinajstić information content (AvgIpc) is 2.51. The Labute approximate surface area is 68.7 Å². The lowest BCUT2D eigenvalue weighted by Gasteiger charge is -2.33. The summed E-state index contributed by atoms with van der Waals surface area (Å²) >= 11 is 1.51. The Morgan fingerprint density at radius 2 is 2.64 bits per heavy atom. The highest BCUT2D eigenvalue weighted by molar-refractivity contribution is 7.13. The third-order valence-corrected chi connectivity index (χ3v) is 2.59. The van der Waals surface area contributed by atoms with Crippen molar-refractivity contribution in [2.24, 2.45) is 5.92 Å². The third kappa shape index (κ3) is 0.939. The molecule has 1 fully saturated rings. The van der Waals surface area contributed by atoms with Crippen molar-refractivity contribution < 1.29 is 4.79 Å². The van der Waals surface area contributed by atoms with E-state index in [1.54, 1.807) is 11.1 Å². The van der Waals surface area contributed by atoms with Crippen molar-refractivity contribution in [3.63, 3.8) is 0 Å². The Hall–Kier alpha value is -0.900. The zero-order valence-electron chi connectivity index (χ0n) is 6.15. The fraction of sp³-hybridized carbons (Fsp3) is 0.429. The summed E-state index contributed by atoms with van der Waals surface area (Å²) in [5.74, 6) is 0.388. The number of β-lactam (4-membered cyclic amide) rings is 1. The summed E-state index contributed by atoms with van der Waals surface area (Å²) in [7, 11) is 0. The van der Waals surface area contributed by atoms with Crippen LogP contribution in [0.5, 0.6) is 0 Å². The maximum Gasteiger partial charge on any atom is 0.233 e. The topological polar surface area (TPSA) is 33.2 Å². The Kier molecular flexibility index (Phi) is 1.42. The number of aromatic nitrogens is 1. The summed E-state index contributed by atoms with van der Waals surface area (Å²) in [4.78, 5) is 16.9. The molecule has 1 unspecified atom stereocenters. The maximum atomic E-state index is 11.2. The summed E-state index contributed by atoms with van der Waals surface area (Å²) in [6, 6.07) is 0. The molecule has 58 valence electrons. The number of hydrogen-bond donors (Lipinski definition) is 0. The largest absolute Gasteiger partial charge is 0.287 e. The number of anilines is 1. The van der Waals surface area contributed by atoms with Crippen molar-refractivity contribution in [1.82, 2.24) is 4.98 Å². The van der Waals surface area contributed by atoms with Crippen molar-refractivity contribution in [2.75, 3.05) is 11.4 Å². The standard InChI is InChI=1S/C7H8N2OS/c1-5-4-9(6(5)10)7-8-2-3-11-7/h2-3,5H,4H2,1H3. The molecule has 3 nitrogen and oxygen atoms in total. The quantitative estimate of drug-likeness (QED) is 0.589. The number of thiazole rings is 1. The highest BCUT2D eigenvalue weighted by atomic mass is 32.1. The molecule has 0 bridgehead atoms. The van der Waals surface area contributed by atoms with Crippen LogP contribution in [0, 0.1) is 5.92 Å². The Morgan fingerprint density at radius 3 is 3.09 bits per heavy atom. The van der Waals surface area contributed by atoms with Crippen LogP contribution in [0.3, 0.4) is 0 Å². The molecule has 0 aromatic carbocycles. The molecule has 0 spiro atoms. The van der Waals surface area contributed by atoms with Gasteiger partial charge >= 0.3 is 0 Å². The minimum Gasteiger partial charge on any atom is -0.287 e. The third-order valence-electron chi connectivity index (χ3n) is 1.79. The molecule has 1 aliphatic heterocycles.